The fourth-order valence-electron chi connectivity index (χ4n) is 3.05. The van der Waals surface area contributed by atoms with Crippen molar-refractivity contribution in [2.75, 3.05) is 5.32 Å². The molecule has 3 rings (SSSR count). The highest BCUT2D eigenvalue weighted by Crippen LogP contribution is 2.30. The summed E-state index contributed by atoms with van der Waals surface area (Å²) in [4.78, 5) is 29.3. The van der Waals surface area contributed by atoms with Gasteiger partial charge in [0.1, 0.15) is 0 Å². The summed E-state index contributed by atoms with van der Waals surface area (Å²) < 4.78 is 0. The lowest BCUT2D eigenvalue weighted by Gasteiger charge is -2.14. The second-order valence-corrected chi connectivity index (χ2v) is 7.71. The summed E-state index contributed by atoms with van der Waals surface area (Å²) in [6.45, 7) is 0. The molecule has 1 aliphatic carbocycles. The summed E-state index contributed by atoms with van der Waals surface area (Å²) in [6, 6.07) is 6.95. The molecule has 1 heterocycles. The third kappa shape index (κ3) is 4.80. The zero-order valence-electron chi connectivity index (χ0n) is 13.6. The van der Waals surface area contributed by atoms with Gasteiger partial charge < -0.3 is 10.4 Å². The van der Waals surface area contributed by atoms with Gasteiger partial charge in [-0.3, -0.25) is 9.59 Å². The number of hydrogen-bond donors (Lipinski definition) is 2. The number of carbonyl (C=O) groups is 2. The van der Waals surface area contributed by atoms with Gasteiger partial charge >= 0.3 is 5.97 Å². The van der Waals surface area contributed by atoms with Gasteiger partial charge in [0, 0.05) is 22.2 Å². The van der Waals surface area contributed by atoms with Crippen LogP contribution in [0.2, 0.25) is 5.02 Å². The number of aromatic nitrogens is 1. The van der Waals surface area contributed by atoms with Gasteiger partial charge in [0.05, 0.1) is 12.1 Å². The highest BCUT2D eigenvalue weighted by Gasteiger charge is 2.21. The van der Waals surface area contributed by atoms with Crippen LogP contribution in [0, 0.1) is 0 Å². The third-order valence-corrected chi connectivity index (χ3v) is 5.61. The number of nitrogens with zero attached hydrogens (tertiary/aromatic N) is 1. The molecule has 0 radical (unpaired) electrons. The van der Waals surface area contributed by atoms with E-state index in [9.17, 15) is 9.59 Å². The Morgan fingerprint density at radius 3 is 2.60 bits per heavy atom. The number of carboxylic acids is 1. The summed E-state index contributed by atoms with van der Waals surface area (Å²) in [5, 5.41) is 13.2. The van der Waals surface area contributed by atoms with E-state index in [1.165, 1.54) is 22.6 Å². The van der Waals surface area contributed by atoms with E-state index in [2.05, 4.69) is 10.3 Å². The molecule has 1 aliphatic rings. The molecule has 25 heavy (non-hydrogen) atoms. The summed E-state index contributed by atoms with van der Waals surface area (Å²) in [7, 11) is 0. The van der Waals surface area contributed by atoms with Crippen molar-refractivity contribution >= 4 is 39.9 Å². The molecule has 1 aromatic carbocycles. The van der Waals surface area contributed by atoms with Crippen molar-refractivity contribution in [1.82, 2.24) is 4.98 Å². The van der Waals surface area contributed by atoms with Gasteiger partial charge in [0.15, 0.2) is 5.13 Å². The number of rotatable bonds is 6. The molecular weight excluding hydrogens is 360 g/mol. The van der Waals surface area contributed by atoms with Crippen LogP contribution in [0.4, 0.5) is 5.13 Å². The lowest BCUT2D eigenvalue weighted by Crippen LogP contribution is -2.17. The predicted octanol–water partition coefficient (Wildman–Crippen LogP) is 4.26. The molecule has 0 spiro atoms. The molecule has 0 bridgehead atoms. The number of carboxylic acid groups (broad SMARTS) is 1. The Morgan fingerprint density at radius 2 is 1.92 bits per heavy atom. The van der Waals surface area contributed by atoms with Crippen LogP contribution in [0.1, 0.15) is 47.7 Å². The van der Waals surface area contributed by atoms with Crippen molar-refractivity contribution in [3.8, 4) is 0 Å². The van der Waals surface area contributed by atoms with E-state index < -0.39 is 11.9 Å². The van der Waals surface area contributed by atoms with Gasteiger partial charge in [-0.2, -0.15) is 0 Å². The van der Waals surface area contributed by atoms with Crippen LogP contribution in [-0.4, -0.2) is 22.0 Å². The Labute approximate surface area is 155 Å². The largest absolute Gasteiger partial charge is 0.481 e. The number of aliphatic carboxylic acids is 1. The van der Waals surface area contributed by atoms with Crippen molar-refractivity contribution in [2.24, 2.45) is 0 Å². The maximum absolute atomic E-state index is 12.4. The third-order valence-electron chi connectivity index (χ3n) is 4.29. The van der Waals surface area contributed by atoms with Crippen molar-refractivity contribution < 1.29 is 14.7 Å². The average Bonchev–Trinajstić information content (AvgIpc) is 2.96. The Morgan fingerprint density at radius 1 is 1.20 bits per heavy atom. The molecule has 1 aromatic heterocycles. The number of anilines is 1. The molecule has 0 aliphatic heterocycles. The average molecular weight is 379 g/mol. The monoisotopic (exact) mass is 378 g/mol. The second kappa shape index (κ2) is 7.97. The first-order chi connectivity index (χ1) is 12.0. The molecule has 1 atom stereocenters. The number of aryl methyl sites for hydroxylation is 2. The Balaban J connectivity index is 1.68. The lowest BCUT2D eigenvalue weighted by molar-refractivity contribution is -0.137. The van der Waals surface area contributed by atoms with E-state index in [0.29, 0.717) is 10.2 Å². The number of thiazole rings is 1. The van der Waals surface area contributed by atoms with Crippen molar-refractivity contribution in [2.45, 2.75) is 44.4 Å². The lowest BCUT2D eigenvalue weighted by atomic mass is 9.92. The van der Waals surface area contributed by atoms with Crippen LogP contribution in [0.15, 0.2) is 24.3 Å². The standard InChI is InChI=1S/C18H19ClN2O3S/c19-13-7-5-11(6-8-13)12(10-17(23)24)9-16(22)21-18-20-14-3-1-2-4-15(14)25-18/h5-8,12H,1-4,9-10H2,(H,23,24)(H,20,21,22). The summed E-state index contributed by atoms with van der Waals surface area (Å²) in [6.07, 6.45) is 4.28. The molecule has 132 valence electrons. The second-order valence-electron chi connectivity index (χ2n) is 6.19. The molecule has 5 nitrogen and oxygen atoms in total. The van der Waals surface area contributed by atoms with Crippen LogP contribution in [-0.2, 0) is 22.4 Å². The molecule has 0 fully saturated rings. The molecule has 0 saturated heterocycles. The first-order valence-corrected chi connectivity index (χ1v) is 9.46. The number of carbonyl (C=O) groups excluding carboxylic acids is 1. The fourth-order valence-corrected chi connectivity index (χ4v) is 4.25. The maximum Gasteiger partial charge on any atom is 0.303 e. The first kappa shape index (κ1) is 17.9. The quantitative estimate of drug-likeness (QED) is 0.787. The normalized spacial score (nSPS) is 14.6. The fraction of sp³-hybridized carbons (Fsp3) is 0.389. The van der Waals surface area contributed by atoms with E-state index in [1.807, 2.05) is 0 Å². The number of benzene rings is 1. The Kier molecular flexibility index (Phi) is 5.71. The van der Waals surface area contributed by atoms with E-state index in [1.54, 1.807) is 24.3 Å². The van der Waals surface area contributed by atoms with Gasteiger partial charge in [-0.1, -0.05) is 23.7 Å². The van der Waals surface area contributed by atoms with Gasteiger partial charge in [0.2, 0.25) is 5.91 Å². The highest BCUT2D eigenvalue weighted by atomic mass is 35.5. The van der Waals surface area contributed by atoms with E-state index in [0.717, 1.165) is 30.5 Å². The minimum absolute atomic E-state index is 0.0954. The van der Waals surface area contributed by atoms with Gasteiger partial charge in [0.25, 0.3) is 0 Å². The van der Waals surface area contributed by atoms with Crippen LogP contribution >= 0.6 is 22.9 Å². The van der Waals surface area contributed by atoms with Crippen LogP contribution in [0.3, 0.4) is 0 Å². The minimum atomic E-state index is -0.933. The number of amides is 1. The smallest absolute Gasteiger partial charge is 0.303 e. The number of halogens is 1. The molecule has 1 amide bonds. The highest BCUT2D eigenvalue weighted by molar-refractivity contribution is 7.15. The van der Waals surface area contributed by atoms with Crippen LogP contribution < -0.4 is 5.32 Å². The van der Waals surface area contributed by atoms with Gasteiger partial charge in [-0.25, -0.2) is 4.98 Å². The summed E-state index contributed by atoms with van der Waals surface area (Å²) >= 11 is 7.41. The van der Waals surface area contributed by atoms with Crippen molar-refractivity contribution in [3.05, 3.63) is 45.4 Å². The van der Waals surface area contributed by atoms with Crippen molar-refractivity contribution in [1.29, 1.82) is 0 Å². The SMILES string of the molecule is O=C(O)CC(CC(=O)Nc1nc2c(s1)CCCC2)c1ccc(Cl)cc1. The molecule has 7 heteroatoms. The molecular formula is C18H19ClN2O3S. The van der Waals surface area contributed by atoms with Crippen LogP contribution in [0.25, 0.3) is 0 Å². The zero-order chi connectivity index (χ0) is 17.8. The molecule has 1 unspecified atom stereocenters. The van der Waals surface area contributed by atoms with Gasteiger partial charge in [-0.15, -0.1) is 11.3 Å². The summed E-state index contributed by atoms with van der Waals surface area (Å²) in [5.41, 5.74) is 1.88. The summed E-state index contributed by atoms with van der Waals surface area (Å²) in [5.74, 6) is -1.55. The molecule has 2 N–H and O–H groups in total. The predicted molar refractivity (Wildman–Crippen MR) is 98.4 cm³/mol. The van der Waals surface area contributed by atoms with Gasteiger partial charge in [-0.05, 0) is 43.4 Å². The minimum Gasteiger partial charge on any atom is -0.481 e. The Hall–Kier alpha value is -1.92. The maximum atomic E-state index is 12.4. The van der Waals surface area contributed by atoms with E-state index in [4.69, 9.17) is 16.7 Å². The Bertz CT molecular complexity index is 750. The number of hydrogen-bond acceptors (Lipinski definition) is 4. The van der Waals surface area contributed by atoms with E-state index in [-0.39, 0.29) is 18.7 Å². The van der Waals surface area contributed by atoms with E-state index >= 15 is 0 Å². The number of nitrogens with one attached hydrogen (secondary N) is 1. The van der Waals surface area contributed by atoms with Crippen molar-refractivity contribution in [3.63, 3.8) is 0 Å². The first-order valence-electron chi connectivity index (χ1n) is 8.27. The zero-order valence-corrected chi connectivity index (χ0v) is 15.2. The topological polar surface area (TPSA) is 79.3 Å². The molecule has 2 aromatic rings. The van der Waals surface area contributed by atoms with Crippen LogP contribution in [0.5, 0.6) is 0 Å². The molecule has 0 saturated carbocycles. The number of fused-ring (bicyclic) bond motifs is 1.